The average molecular weight is 362 g/mol. The molecule has 0 aliphatic heterocycles. The lowest BCUT2D eigenvalue weighted by Crippen LogP contribution is -2.20. The summed E-state index contributed by atoms with van der Waals surface area (Å²) in [6, 6.07) is 5.00. The van der Waals surface area contributed by atoms with Crippen molar-refractivity contribution in [3.05, 3.63) is 41.0 Å². The molecule has 1 saturated carbocycles. The van der Waals surface area contributed by atoms with Gasteiger partial charge in [-0.2, -0.15) is 0 Å². The van der Waals surface area contributed by atoms with Crippen LogP contribution in [0.2, 0.25) is 0 Å². The maximum absolute atomic E-state index is 12.1. The van der Waals surface area contributed by atoms with Crippen molar-refractivity contribution in [2.45, 2.75) is 18.8 Å². The fraction of sp³-hybridized carbons (Fsp3) is 0.214. The number of urea groups is 1. The Balaban J connectivity index is 1.50. The number of amides is 2. The van der Waals surface area contributed by atoms with Gasteiger partial charge in [-0.3, -0.25) is 9.72 Å². The molecule has 2 N–H and O–H groups in total. The van der Waals surface area contributed by atoms with Crippen LogP contribution in [-0.2, 0) is 0 Å². The van der Waals surface area contributed by atoms with E-state index < -0.39 is 0 Å². The van der Waals surface area contributed by atoms with E-state index in [2.05, 4.69) is 36.7 Å². The number of carbonyl (C=O) groups is 1. The molecule has 0 saturated heterocycles. The van der Waals surface area contributed by atoms with E-state index in [1.807, 2.05) is 16.7 Å². The summed E-state index contributed by atoms with van der Waals surface area (Å²) in [6.07, 6.45) is 5.72. The Morgan fingerprint density at radius 3 is 3.05 bits per heavy atom. The van der Waals surface area contributed by atoms with E-state index in [1.54, 1.807) is 18.3 Å². The number of hydrogen-bond acceptors (Lipinski definition) is 4. The molecule has 112 valence electrons. The van der Waals surface area contributed by atoms with E-state index in [1.165, 1.54) is 0 Å². The van der Waals surface area contributed by atoms with E-state index in [-0.39, 0.29) is 6.03 Å². The number of anilines is 2. The van der Waals surface area contributed by atoms with Crippen molar-refractivity contribution in [2.75, 3.05) is 10.6 Å². The quantitative estimate of drug-likeness (QED) is 0.697. The van der Waals surface area contributed by atoms with Gasteiger partial charge < -0.3 is 9.84 Å². The number of pyridine rings is 1. The van der Waals surface area contributed by atoms with Gasteiger partial charge in [0.25, 0.3) is 0 Å². The first-order valence-corrected chi connectivity index (χ1v) is 7.66. The first-order chi connectivity index (χ1) is 10.7. The minimum Gasteiger partial charge on any atom is -0.359 e. The van der Waals surface area contributed by atoms with E-state index in [0.29, 0.717) is 23.1 Å². The van der Waals surface area contributed by atoms with Gasteiger partial charge in [-0.25, -0.2) is 9.78 Å². The number of hydrogen-bond donors (Lipinski definition) is 2. The Labute approximate surface area is 133 Å². The maximum Gasteiger partial charge on any atom is 0.325 e. The molecule has 0 bridgehead atoms. The summed E-state index contributed by atoms with van der Waals surface area (Å²) in [5, 5.41) is 9.28. The molecular weight excluding hydrogens is 350 g/mol. The monoisotopic (exact) mass is 361 g/mol. The highest BCUT2D eigenvalue weighted by atomic mass is 79.9. The summed E-state index contributed by atoms with van der Waals surface area (Å²) in [4.78, 5) is 16.3. The average Bonchev–Trinajstić information content (AvgIpc) is 3.04. The van der Waals surface area contributed by atoms with E-state index >= 15 is 0 Å². The van der Waals surface area contributed by atoms with Gasteiger partial charge >= 0.3 is 6.03 Å². The topological polar surface area (TPSA) is 84.5 Å². The second-order valence-electron chi connectivity index (χ2n) is 5.16. The van der Waals surface area contributed by atoms with Crippen molar-refractivity contribution in [3.63, 3.8) is 0 Å². The van der Waals surface area contributed by atoms with Crippen molar-refractivity contribution in [2.24, 2.45) is 0 Å². The van der Waals surface area contributed by atoms with Gasteiger partial charge in [-0.1, -0.05) is 5.16 Å². The molecule has 4 rings (SSSR count). The van der Waals surface area contributed by atoms with E-state index in [0.717, 1.165) is 23.2 Å². The van der Waals surface area contributed by atoms with Gasteiger partial charge in [0.15, 0.2) is 11.5 Å². The number of halogens is 1. The molecule has 1 fully saturated rings. The molecule has 0 unspecified atom stereocenters. The first kappa shape index (κ1) is 13.3. The number of nitrogens with one attached hydrogen (secondary N) is 2. The van der Waals surface area contributed by atoms with E-state index in [4.69, 9.17) is 4.52 Å². The Hall–Kier alpha value is -2.35. The number of carbonyl (C=O) groups excluding carboxylic acids is 1. The molecular formula is C14H12BrN5O2. The van der Waals surface area contributed by atoms with E-state index in [9.17, 15) is 4.79 Å². The Bertz CT molecular complexity index is 852. The van der Waals surface area contributed by atoms with Crippen molar-refractivity contribution in [3.8, 4) is 0 Å². The largest absolute Gasteiger partial charge is 0.359 e. The lowest BCUT2D eigenvalue weighted by Gasteiger charge is -2.07. The lowest BCUT2D eigenvalue weighted by atomic mass is 10.3. The standard InChI is InChI=1S/C14H12BrN5O2/c15-11-4-3-9(13-16-5-6-20(11)13)17-14(21)18-12-7-10(22-19-12)8-1-2-8/h3-8H,1-2H2,(H2,17,18,19,21). The normalized spacial score (nSPS) is 14.2. The Kier molecular flexibility index (Phi) is 3.11. The van der Waals surface area contributed by atoms with Crippen LogP contribution in [0, 0.1) is 0 Å². The third kappa shape index (κ3) is 2.45. The second-order valence-corrected chi connectivity index (χ2v) is 5.97. The van der Waals surface area contributed by atoms with Gasteiger partial charge in [0, 0.05) is 24.4 Å². The van der Waals surface area contributed by atoms with Crippen LogP contribution < -0.4 is 10.6 Å². The SMILES string of the molecule is O=C(Nc1cc(C2CC2)on1)Nc1ccc(Br)n2ccnc12. The molecule has 3 heterocycles. The van der Waals surface area contributed by atoms with Gasteiger partial charge in [0.1, 0.15) is 5.76 Å². The van der Waals surface area contributed by atoms with Crippen LogP contribution in [0.1, 0.15) is 24.5 Å². The van der Waals surface area contributed by atoms with Crippen LogP contribution in [0.5, 0.6) is 0 Å². The fourth-order valence-electron chi connectivity index (χ4n) is 2.26. The number of imidazole rings is 1. The predicted octanol–water partition coefficient (Wildman–Crippen LogP) is 3.61. The van der Waals surface area contributed by atoms with Crippen LogP contribution in [-0.4, -0.2) is 20.6 Å². The molecule has 0 radical (unpaired) electrons. The lowest BCUT2D eigenvalue weighted by molar-refractivity contribution is 0.262. The number of fused-ring (bicyclic) bond motifs is 1. The zero-order valence-electron chi connectivity index (χ0n) is 11.4. The number of aromatic nitrogens is 3. The van der Waals surface area contributed by atoms with Gasteiger partial charge in [-0.05, 0) is 40.9 Å². The van der Waals surface area contributed by atoms with Crippen LogP contribution in [0.3, 0.4) is 0 Å². The molecule has 0 spiro atoms. The molecule has 7 nitrogen and oxygen atoms in total. The van der Waals surface area contributed by atoms with Crippen LogP contribution in [0.4, 0.5) is 16.3 Å². The van der Waals surface area contributed by atoms with Crippen molar-refractivity contribution < 1.29 is 9.32 Å². The summed E-state index contributed by atoms with van der Waals surface area (Å²) in [5.41, 5.74) is 1.26. The second kappa shape index (κ2) is 5.13. The fourth-order valence-corrected chi connectivity index (χ4v) is 2.68. The van der Waals surface area contributed by atoms with Crippen LogP contribution in [0.25, 0.3) is 5.65 Å². The molecule has 0 aromatic carbocycles. The summed E-state index contributed by atoms with van der Waals surface area (Å²) in [7, 11) is 0. The van der Waals surface area contributed by atoms with Crippen molar-refractivity contribution in [1.29, 1.82) is 0 Å². The smallest absolute Gasteiger partial charge is 0.325 e. The summed E-state index contributed by atoms with van der Waals surface area (Å²) in [5.74, 6) is 1.70. The minimum atomic E-state index is -0.386. The minimum absolute atomic E-state index is 0.386. The first-order valence-electron chi connectivity index (χ1n) is 6.87. The molecule has 22 heavy (non-hydrogen) atoms. The molecule has 1 aliphatic carbocycles. The van der Waals surface area contributed by atoms with Gasteiger partial charge in [0.05, 0.1) is 10.3 Å². The maximum atomic E-state index is 12.1. The van der Waals surface area contributed by atoms with Gasteiger partial charge in [0.2, 0.25) is 0 Å². The highest BCUT2D eigenvalue weighted by molar-refractivity contribution is 9.10. The Morgan fingerprint density at radius 1 is 1.36 bits per heavy atom. The predicted molar refractivity (Wildman–Crippen MR) is 84.0 cm³/mol. The van der Waals surface area contributed by atoms with Gasteiger partial charge in [-0.15, -0.1) is 0 Å². The molecule has 3 aromatic rings. The molecule has 3 aromatic heterocycles. The van der Waals surface area contributed by atoms with Crippen molar-refractivity contribution in [1.82, 2.24) is 14.5 Å². The highest BCUT2D eigenvalue weighted by Crippen LogP contribution is 2.40. The number of rotatable bonds is 3. The molecule has 2 amide bonds. The Morgan fingerprint density at radius 2 is 2.23 bits per heavy atom. The molecule has 1 aliphatic rings. The number of nitrogens with zero attached hydrogens (tertiary/aromatic N) is 3. The third-order valence-electron chi connectivity index (χ3n) is 3.50. The third-order valence-corrected chi connectivity index (χ3v) is 4.14. The van der Waals surface area contributed by atoms with Crippen LogP contribution in [0.15, 0.2) is 39.7 Å². The summed E-state index contributed by atoms with van der Waals surface area (Å²) >= 11 is 3.42. The summed E-state index contributed by atoms with van der Waals surface area (Å²) < 4.78 is 7.89. The molecule has 0 atom stereocenters. The van der Waals surface area contributed by atoms with Crippen molar-refractivity contribution >= 4 is 39.1 Å². The highest BCUT2D eigenvalue weighted by Gasteiger charge is 2.28. The zero-order valence-corrected chi connectivity index (χ0v) is 13.0. The molecule has 8 heteroatoms. The van der Waals surface area contributed by atoms with Crippen LogP contribution >= 0.6 is 15.9 Å². The summed E-state index contributed by atoms with van der Waals surface area (Å²) in [6.45, 7) is 0. The zero-order chi connectivity index (χ0) is 15.1.